The number of nitrogens with two attached hydrogens (primary N) is 1. The highest BCUT2D eigenvalue weighted by molar-refractivity contribution is 7.16. The molecule has 1 aromatic heterocycles. The molecule has 0 bridgehead atoms. The normalized spacial score (nSPS) is 9.87. The standard InChI is InChI=1S/C11H9N3S/c1-7-2-4-8(5-3-7)10-9(6-12)15-11(13)14-10/h2-5H,1H3,(H2,13,14). The fourth-order valence-corrected chi connectivity index (χ4v) is 1.97. The predicted molar refractivity (Wildman–Crippen MR) is 61.4 cm³/mol. The van der Waals surface area contributed by atoms with E-state index < -0.39 is 0 Å². The summed E-state index contributed by atoms with van der Waals surface area (Å²) in [5, 5.41) is 9.35. The fourth-order valence-electron chi connectivity index (χ4n) is 1.32. The molecule has 1 aromatic carbocycles. The zero-order chi connectivity index (χ0) is 10.8. The van der Waals surface area contributed by atoms with Gasteiger partial charge in [0.25, 0.3) is 0 Å². The minimum absolute atomic E-state index is 0.433. The van der Waals surface area contributed by atoms with Gasteiger partial charge < -0.3 is 5.73 Å². The Morgan fingerprint density at radius 2 is 2.00 bits per heavy atom. The van der Waals surface area contributed by atoms with Crippen LogP contribution in [0.2, 0.25) is 0 Å². The number of aromatic nitrogens is 1. The minimum atomic E-state index is 0.433. The summed E-state index contributed by atoms with van der Waals surface area (Å²) in [5.74, 6) is 0. The highest BCUT2D eigenvalue weighted by Gasteiger charge is 2.10. The second-order valence-corrected chi connectivity index (χ2v) is 4.24. The molecule has 74 valence electrons. The SMILES string of the molecule is Cc1ccc(-c2nc(N)sc2C#N)cc1. The molecule has 0 radical (unpaired) electrons. The van der Waals surface area contributed by atoms with Crippen LogP contribution in [0.25, 0.3) is 11.3 Å². The van der Waals surface area contributed by atoms with Crippen molar-refractivity contribution in [3.8, 4) is 17.3 Å². The Labute approximate surface area is 91.8 Å². The summed E-state index contributed by atoms with van der Waals surface area (Å²) in [7, 11) is 0. The van der Waals surface area contributed by atoms with Crippen LogP contribution in [0.3, 0.4) is 0 Å². The van der Waals surface area contributed by atoms with Crippen LogP contribution in [0.15, 0.2) is 24.3 Å². The first-order chi connectivity index (χ1) is 7.20. The lowest BCUT2D eigenvalue weighted by Crippen LogP contribution is -1.84. The molecule has 15 heavy (non-hydrogen) atoms. The van der Waals surface area contributed by atoms with Gasteiger partial charge in [-0.2, -0.15) is 5.26 Å². The topological polar surface area (TPSA) is 62.7 Å². The van der Waals surface area contributed by atoms with Gasteiger partial charge in [0, 0.05) is 5.56 Å². The van der Waals surface area contributed by atoms with Gasteiger partial charge in [-0.15, -0.1) is 0 Å². The fraction of sp³-hybridized carbons (Fsp3) is 0.0909. The van der Waals surface area contributed by atoms with Crippen molar-refractivity contribution < 1.29 is 0 Å². The quantitative estimate of drug-likeness (QED) is 0.795. The van der Waals surface area contributed by atoms with Crippen molar-refractivity contribution in [1.29, 1.82) is 5.26 Å². The molecule has 0 aliphatic heterocycles. The van der Waals surface area contributed by atoms with Gasteiger partial charge in [0.15, 0.2) is 5.13 Å². The number of nitriles is 1. The van der Waals surface area contributed by atoms with E-state index in [4.69, 9.17) is 11.0 Å². The van der Waals surface area contributed by atoms with Crippen LogP contribution in [0.4, 0.5) is 5.13 Å². The summed E-state index contributed by atoms with van der Waals surface area (Å²) in [4.78, 5) is 4.72. The maximum absolute atomic E-state index is 8.91. The van der Waals surface area contributed by atoms with E-state index in [0.29, 0.717) is 15.7 Å². The molecular formula is C11H9N3S. The summed E-state index contributed by atoms with van der Waals surface area (Å²) in [5.41, 5.74) is 8.38. The number of anilines is 1. The van der Waals surface area contributed by atoms with E-state index in [1.165, 1.54) is 16.9 Å². The van der Waals surface area contributed by atoms with E-state index in [9.17, 15) is 0 Å². The Morgan fingerprint density at radius 3 is 2.60 bits per heavy atom. The second-order valence-electron chi connectivity index (χ2n) is 3.21. The Kier molecular flexibility index (Phi) is 2.40. The van der Waals surface area contributed by atoms with Crippen LogP contribution in [0.1, 0.15) is 10.4 Å². The molecule has 2 N–H and O–H groups in total. The van der Waals surface area contributed by atoms with Crippen LogP contribution in [0.5, 0.6) is 0 Å². The van der Waals surface area contributed by atoms with Gasteiger partial charge in [-0.25, -0.2) is 4.98 Å². The Bertz CT molecular complexity index is 520. The first kappa shape index (κ1) is 9.69. The molecular weight excluding hydrogens is 206 g/mol. The average molecular weight is 215 g/mol. The van der Waals surface area contributed by atoms with Crippen LogP contribution in [-0.2, 0) is 0 Å². The Morgan fingerprint density at radius 1 is 1.33 bits per heavy atom. The number of rotatable bonds is 1. The number of nitrogen functional groups attached to an aromatic ring is 1. The third kappa shape index (κ3) is 1.83. The number of aryl methyl sites for hydroxylation is 1. The van der Waals surface area contributed by atoms with Gasteiger partial charge in [0.05, 0.1) is 0 Å². The van der Waals surface area contributed by atoms with Crippen LogP contribution >= 0.6 is 11.3 Å². The van der Waals surface area contributed by atoms with E-state index in [-0.39, 0.29) is 0 Å². The molecule has 0 saturated heterocycles. The number of nitrogens with zero attached hydrogens (tertiary/aromatic N) is 2. The molecule has 0 fully saturated rings. The summed E-state index contributed by atoms with van der Waals surface area (Å²) >= 11 is 1.22. The Hall–Kier alpha value is -1.86. The van der Waals surface area contributed by atoms with E-state index >= 15 is 0 Å². The van der Waals surface area contributed by atoms with Gasteiger partial charge in [0.2, 0.25) is 0 Å². The maximum atomic E-state index is 8.91. The molecule has 1 heterocycles. The van der Waals surface area contributed by atoms with Gasteiger partial charge in [-0.3, -0.25) is 0 Å². The van der Waals surface area contributed by atoms with Gasteiger partial charge in [0.1, 0.15) is 16.6 Å². The largest absolute Gasteiger partial charge is 0.375 e. The van der Waals surface area contributed by atoms with E-state index in [1.54, 1.807) is 0 Å². The molecule has 0 atom stereocenters. The smallest absolute Gasteiger partial charge is 0.181 e. The van der Waals surface area contributed by atoms with Crippen molar-refractivity contribution in [3.63, 3.8) is 0 Å². The first-order valence-corrected chi connectivity index (χ1v) is 5.26. The number of benzene rings is 1. The average Bonchev–Trinajstić information content (AvgIpc) is 2.61. The number of hydrogen-bond acceptors (Lipinski definition) is 4. The lowest BCUT2D eigenvalue weighted by molar-refractivity contribution is 1.38. The lowest BCUT2D eigenvalue weighted by atomic mass is 10.1. The highest BCUT2D eigenvalue weighted by atomic mass is 32.1. The van der Waals surface area contributed by atoms with Crippen molar-refractivity contribution >= 4 is 16.5 Å². The summed E-state index contributed by atoms with van der Waals surface area (Å²) in [6, 6.07) is 9.99. The van der Waals surface area contributed by atoms with Crippen LogP contribution in [0, 0.1) is 18.3 Å². The molecule has 0 amide bonds. The van der Waals surface area contributed by atoms with Crippen LogP contribution in [-0.4, -0.2) is 4.98 Å². The van der Waals surface area contributed by atoms with Crippen molar-refractivity contribution in [1.82, 2.24) is 4.98 Å². The van der Waals surface area contributed by atoms with E-state index in [0.717, 1.165) is 5.56 Å². The summed E-state index contributed by atoms with van der Waals surface area (Å²) in [6.45, 7) is 2.02. The molecule has 0 aliphatic rings. The number of hydrogen-bond donors (Lipinski definition) is 1. The molecule has 0 aliphatic carbocycles. The zero-order valence-corrected chi connectivity index (χ0v) is 9.01. The molecule has 0 spiro atoms. The first-order valence-electron chi connectivity index (χ1n) is 4.44. The van der Waals surface area contributed by atoms with Gasteiger partial charge in [-0.1, -0.05) is 41.2 Å². The lowest BCUT2D eigenvalue weighted by Gasteiger charge is -1.97. The molecule has 0 saturated carbocycles. The molecule has 2 aromatic rings. The van der Waals surface area contributed by atoms with Crippen molar-refractivity contribution in [2.45, 2.75) is 6.92 Å². The Balaban J connectivity index is 2.54. The monoisotopic (exact) mass is 215 g/mol. The van der Waals surface area contributed by atoms with E-state index in [1.807, 2.05) is 31.2 Å². The highest BCUT2D eigenvalue weighted by Crippen LogP contribution is 2.28. The van der Waals surface area contributed by atoms with Crippen LogP contribution < -0.4 is 5.73 Å². The zero-order valence-electron chi connectivity index (χ0n) is 8.19. The third-order valence-corrected chi connectivity index (χ3v) is 2.86. The third-order valence-electron chi connectivity index (χ3n) is 2.07. The number of thiazole rings is 1. The maximum Gasteiger partial charge on any atom is 0.181 e. The van der Waals surface area contributed by atoms with Gasteiger partial charge in [-0.05, 0) is 6.92 Å². The molecule has 2 rings (SSSR count). The predicted octanol–water partition coefficient (Wildman–Crippen LogP) is 2.57. The summed E-state index contributed by atoms with van der Waals surface area (Å²) in [6.07, 6.45) is 0. The summed E-state index contributed by atoms with van der Waals surface area (Å²) < 4.78 is 0. The van der Waals surface area contributed by atoms with Crippen molar-refractivity contribution in [2.75, 3.05) is 5.73 Å². The van der Waals surface area contributed by atoms with Crippen molar-refractivity contribution in [2.24, 2.45) is 0 Å². The minimum Gasteiger partial charge on any atom is -0.375 e. The molecule has 3 nitrogen and oxygen atoms in total. The molecule has 4 heteroatoms. The van der Waals surface area contributed by atoms with Gasteiger partial charge >= 0.3 is 0 Å². The molecule has 0 unspecified atom stereocenters. The second kappa shape index (κ2) is 3.71. The van der Waals surface area contributed by atoms with Crippen molar-refractivity contribution in [3.05, 3.63) is 34.7 Å². The van der Waals surface area contributed by atoms with E-state index in [2.05, 4.69) is 11.1 Å².